The highest BCUT2D eigenvalue weighted by Crippen LogP contribution is 2.39. The maximum Gasteiger partial charge on any atom is 0.329 e. The fourth-order valence-corrected chi connectivity index (χ4v) is 4.60. The number of piperidine rings is 1. The van der Waals surface area contributed by atoms with Gasteiger partial charge in [-0.25, -0.2) is 9.78 Å². The minimum Gasteiger partial charge on any atom is -0.489 e. The number of ether oxygens (including phenoxy) is 2. The van der Waals surface area contributed by atoms with E-state index in [1.165, 1.54) is 4.57 Å². The van der Waals surface area contributed by atoms with Gasteiger partial charge in [-0.2, -0.15) is 0 Å². The molecular formula is C21H24ClN3O4. The fraction of sp³-hybridized carbons (Fsp3) is 0.476. The van der Waals surface area contributed by atoms with E-state index in [-0.39, 0.29) is 36.6 Å². The Hall–Kier alpha value is -2.54. The largest absolute Gasteiger partial charge is 0.489 e. The molecule has 0 aliphatic carbocycles. The second kappa shape index (κ2) is 8.45. The molecule has 1 aromatic carbocycles. The van der Waals surface area contributed by atoms with Gasteiger partial charge >= 0.3 is 12.0 Å². The number of nitrogens with zero attached hydrogens (tertiary/aromatic N) is 3. The van der Waals surface area contributed by atoms with Crippen LogP contribution in [0.4, 0.5) is 4.79 Å². The summed E-state index contributed by atoms with van der Waals surface area (Å²) >= 11 is 6.39. The molecule has 29 heavy (non-hydrogen) atoms. The van der Waals surface area contributed by atoms with Crippen molar-refractivity contribution >= 4 is 23.6 Å². The number of carbonyl (C=O) groups is 2. The van der Waals surface area contributed by atoms with Crippen molar-refractivity contribution in [2.75, 3.05) is 6.61 Å². The Morgan fingerprint density at radius 3 is 2.62 bits per heavy atom. The van der Waals surface area contributed by atoms with Gasteiger partial charge in [-0.05, 0) is 37.5 Å². The lowest BCUT2D eigenvalue weighted by Crippen LogP contribution is -2.50. The lowest BCUT2D eigenvalue weighted by Gasteiger charge is -2.38. The van der Waals surface area contributed by atoms with Crippen LogP contribution in [0.25, 0.3) is 0 Å². The van der Waals surface area contributed by atoms with Gasteiger partial charge in [-0.15, -0.1) is 0 Å². The Kier molecular flexibility index (Phi) is 5.76. The monoisotopic (exact) mass is 417 g/mol. The quantitative estimate of drug-likeness (QED) is 0.694. The number of hydrogen-bond donors (Lipinski definition) is 0. The van der Waals surface area contributed by atoms with E-state index in [2.05, 4.69) is 4.98 Å². The predicted octanol–water partition coefficient (Wildman–Crippen LogP) is 3.68. The summed E-state index contributed by atoms with van der Waals surface area (Å²) in [6, 6.07) is 5.70. The van der Waals surface area contributed by atoms with Gasteiger partial charge in [0.1, 0.15) is 18.2 Å². The van der Waals surface area contributed by atoms with Gasteiger partial charge in [-0.3, -0.25) is 9.36 Å². The van der Waals surface area contributed by atoms with Crippen LogP contribution < -0.4 is 4.74 Å². The third kappa shape index (κ3) is 4.24. The average molecular weight is 418 g/mol. The maximum atomic E-state index is 12.8. The van der Waals surface area contributed by atoms with Gasteiger partial charge in [0.05, 0.1) is 18.1 Å². The lowest BCUT2D eigenvalue weighted by molar-refractivity contribution is -0.142. The third-order valence-corrected chi connectivity index (χ3v) is 5.88. The van der Waals surface area contributed by atoms with Crippen molar-refractivity contribution in [3.63, 3.8) is 0 Å². The molecule has 1 unspecified atom stereocenters. The van der Waals surface area contributed by atoms with E-state index in [1.54, 1.807) is 31.7 Å². The zero-order valence-electron chi connectivity index (χ0n) is 16.3. The van der Waals surface area contributed by atoms with E-state index in [9.17, 15) is 9.59 Å². The third-order valence-electron chi connectivity index (χ3n) is 5.58. The number of esters is 1. The maximum absolute atomic E-state index is 12.8. The highest BCUT2D eigenvalue weighted by molar-refractivity contribution is 6.32. The zero-order chi connectivity index (χ0) is 20.4. The SMILES string of the molecule is CCOC(=O)Cc1ccc(OC2C[C@H]3CC[C@@H](C2)N3C(=O)n2ccnc2)c(Cl)c1. The Bertz CT molecular complexity index is 872. The van der Waals surface area contributed by atoms with Crippen molar-refractivity contribution in [3.8, 4) is 5.75 Å². The summed E-state index contributed by atoms with van der Waals surface area (Å²) in [7, 11) is 0. The molecule has 1 aromatic heterocycles. The molecule has 4 rings (SSSR count). The van der Waals surface area contributed by atoms with Crippen molar-refractivity contribution in [2.24, 2.45) is 0 Å². The molecule has 8 heteroatoms. The number of amides is 1. The first kappa shape index (κ1) is 19.8. The van der Waals surface area contributed by atoms with Crippen molar-refractivity contribution in [2.45, 2.75) is 57.2 Å². The summed E-state index contributed by atoms with van der Waals surface area (Å²) < 4.78 is 12.7. The first-order chi connectivity index (χ1) is 14.0. The molecule has 0 saturated carbocycles. The summed E-state index contributed by atoms with van der Waals surface area (Å²) in [5.41, 5.74) is 0.793. The normalized spacial score (nSPS) is 23.1. The number of aromatic nitrogens is 2. The van der Waals surface area contributed by atoms with Crippen molar-refractivity contribution < 1.29 is 19.1 Å². The highest BCUT2D eigenvalue weighted by Gasteiger charge is 2.44. The van der Waals surface area contributed by atoms with Crippen LogP contribution in [0.3, 0.4) is 0 Å². The molecule has 3 heterocycles. The second-order valence-electron chi connectivity index (χ2n) is 7.50. The standard InChI is InChI=1S/C21H24ClN3O4/c1-2-28-20(26)10-14-3-6-19(18(22)9-14)29-17-11-15-4-5-16(12-17)25(15)21(27)24-8-7-23-13-24/h3,6-9,13,15-17H,2,4-5,10-12H2,1H3/t15-,16+,17?. The zero-order valence-corrected chi connectivity index (χ0v) is 17.0. The number of benzene rings is 1. The molecule has 2 aromatic rings. The number of rotatable bonds is 5. The molecule has 2 fully saturated rings. The Morgan fingerprint density at radius 1 is 1.24 bits per heavy atom. The van der Waals surface area contributed by atoms with E-state index in [0.717, 1.165) is 31.2 Å². The Balaban J connectivity index is 1.39. The molecule has 154 valence electrons. The number of fused-ring (bicyclic) bond motifs is 2. The van der Waals surface area contributed by atoms with Crippen LogP contribution >= 0.6 is 11.6 Å². The van der Waals surface area contributed by atoms with E-state index in [4.69, 9.17) is 21.1 Å². The van der Waals surface area contributed by atoms with Gasteiger partial charge in [0, 0.05) is 37.3 Å². The summed E-state index contributed by atoms with van der Waals surface area (Å²) in [5, 5.41) is 0.482. The Morgan fingerprint density at radius 2 is 2.00 bits per heavy atom. The first-order valence-electron chi connectivity index (χ1n) is 9.96. The van der Waals surface area contributed by atoms with E-state index in [1.807, 2.05) is 17.0 Å². The van der Waals surface area contributed by atoms with E-state index < -0.39 is 0 Å². The van der Waals surface area contributed by atoms with Crippen LogP contribution in [0.2, 0.25) is 5.02 Å². The van der Waals surface area contributed by atoms with Gasteiger partial charge in [0.25, 0.3) is 0 Å². The molecule has 0 radical (unpaired) electrons. The highest BCUT2D eigenvalue weighted by atomic mass is 35.5. The smallest absolute Gasteiger partial charge is 0.329 e. The molecule has 0 N–H and O–H groups in total. The second-order valence-corrected chi connectivity index (χ2v) is 7.91. The molecule has 7 nitrogen and oxygen atoms in total. The number of hydrogen-bond acceptors (Lipinski definition) is 5. The molecule has 1 amide bonds. The predicted molar refractivity (Wildman–Crippen MR) is 107 cm³/mol. The molecular weight excluding hydrogens is 394 g/mol. The van der Waals surface area contributed by atoms with Crippen LogP contribution in [0.1, 0.15) is 38.2 Å². The van der Waals surface area contributed by atoms with E-state index >= 15 is 0 Å². The van der Waals surface area contributed by atoms with Gasteiger partial charge in [0.15, 0.2) is 0 Å². The van der Waals surface area contributed by atoms with Gasteiger partial charge < -0.3 is 14.4 Å². The minimum absolute atomic E-state index is 0.00717. The summed E-state index contributed by atoms with van der Waals surface area (Å²) in [6.45, 7) is 2.14. The number of carbonyl (C=O) groups excluding carboxylic acids is 2. The molecule has 0 spiro atoms. The van der Waals surface area contributed by atoms with Crippen LogP contribution in [0, 0.1) is 0 Å². The number of imidazole rings is 1. The number of halogens is 1. The molecule has 2 bridgehead atoms. The first-order valence-corrected chi connectivity index (χ1v) is 10.3. The lowest BCUT2D eigenvalue weighted by atomic mass is 10.00. The van der Waals surface area contributed by atoms with Crippen LogP contribution in [0.5, 0.6) is 5.75 Å². The van der Waals surface area contributed by atoms with Crippen LogP contribution in [0.15, 0.2) is 36.9 Å². The topological polar surface area (TPSA) is 73.7 Å². The van der Waals surface area contributed by atoms with E-state index in [0.29, 0.717) is 17.4 Å². The Labute approximate surface area is 174 Å². The van der Waals surface area contributed by atoms with Crippen molar-refractivity contribution in [3.05, 3.63) is 47.5 Å². The molecule has 3 atom stereocenters. The van der Waals surface area contributed by atoms with Gasteiger partial charge in [-0.1, -0.05) is 17.7 Å². The molecule has 2 aliphatic rings. The fourth-order valence-electron chi connectivity index (χ4n) is 4.35. The van der Waals surface area contributed by atoms with Crippen molar-refractivity contribution in [1.82, 2.24) is 14.5 Å². The average Bonchev–Trinajstić information content (AvgIpc) is 3.31. The molecule has 2 saturated heterocycles. The van der Waals surface area contributed by atoms with Crippen molar-refractivity contribution in [1.29, 1.82) is 0 Å². The molecule has 2 aliphatic heterocycles. The van der Waals surface area contributed by atoms with Crippen LogP contribution in [-0.2, 0) is 16.0 Å². The van der Waals surface area contributed by atoms with Gasteiger partial charge in [0.2, 0.25) is 0 Å². The minimum atomic E-state index is -0.274. The summed E-state index contributed by atoms with van der Waals surface area (Å²) in [6.07, 6.45) is 8.55. The summed E-state index contributed by atoms with van der Waals surface area (Å²) in [5.74, 6) is 0.335. The summed E-state index contributed by atoms with van der Waals surface area (Å²) in [4.78, 5) is 30.4. The van der Waals surface area contributed by atoms with Crippen LogP contribution in [-0.4, -0.2) is 51.2 Å².